The summed E-state index contributed by atoms with van der Waals surface area (Å²) in [6.45, 7) is 7.09. The number of hydrogen-bond donors (Lipinski definition) is 2. The van der Waals surface area contributed by atoms with Crippen molar-refractivity contribution >= 4 is 39.8 Å². The van der Waals surface area contributed by atoms with Gasteiger partial charge in [-0.05, 0) is 50.1 Å². The Morgan fingerprint density at radius 1 is 1.07 bits per heavy atom. The second-order valence-corrected chi connectivity index (χ2v) is 7.18. The quantitative estimate of drug-likeness (QED) is 0.653. The lowest BCUT2D eigenvalue weighted by molar-refractivity contribution is -0.118. The molecule has 0 aliphatic heterocycles. The lowest BCUT2D eigenvalue weighted by Gasteiger charge is -2.09. The first-order chi connectivity index (χ1) is 13.3. The molecular formula is C20H24N2O5S. The summed E-state index contributed by atoms with van der Waals surface area (Å²) in [5.74, 6) is -0.483. The van der Waals surface area contributed by atoms with Gasteiger partial charge in [0.05, 0.1) is 12.2 Å². The second-order valence-electron chi connectivity index (χ2n) is 5.96. The Hall–Kier alpha value is -2.87. The second kappa shape index (κ2) is 9.89. The predicted octanol–water partition coefficient (Wildman–Crippen LogP) is 3.77. The first kappa shape index (κ1) is 21.4. The summed E-state index contributed by atoms with van der Waals surface area (Å²) in [6, 6.07) is 6.69. The molecule has 28 heavy (non-hydrogen) atoms. The molecule has 8 heteroatoms. The molecule has 0 atom stereocenters. The smallest absolute Gasteiger partial charge is 0.341 e. The van der Waals surface area contributed by atoms with Gasteiger partial charge in [-0.25, -0.2) is 4.79 Å². The van der Waals surface area contributed by atoms with Crippen LogP contribution in [0.2, 0.25) is 0 Å². The van der Waals surface area contributed by atoms with E-state index in [0.717, 1.165) is 10.4 Å². The lowest BCUT2D eigenvalue weighted by atomic mass is 10.1. The molecular weight excluding hydrogens is 380 g/mol. The minimum Gasteiger partial charge on any atom is -0.484 e. The highest BCUT2D eigenvalue weighted by Crippen LogP contribution is 2.34. The molecule has 0 bridgehead atoms. The number of aryl methyl sites for hydroxylation is 1. The first-order valence-corrected chi connectivity index (χ1v) is 9.77. The maximum absolute atomic E-state index is 12.3. The molecule has 1 aromatic carbocycles. The normalized spacial score (nSPS) is 10.3. The van der Waals surface area contributed by atoms with Crippen molar-refractivity contribution in [3.63, 3.8) is 0 Å². The standard InChI is InChI=1S/C20H24N2O5S/c1-5-16-12(3)28-19(18(16)20(25)26-6-2)22-17(24)11-27-15-9-7-14(8-10-15)21-13(4)23/h7-10H,5-6,11H2,1-4H3,(H,21,23)(H,22,24). The predicted molar refractivity (Wildman–Crippen MR) is 109 cm³/mol. The Bertz CT molecular complexity index is 858. The van der Waals surface area contributed by atoms with E-state index in [4.69, 9.17) is 9.47 Å². The van der Waals surface area contributed by atoms with Crippen LogP contribution in [0, 0.1) is 6.92 Å². The van der Waals surface area contributed by atoms with Crippen LogP contribution in [0.25, 0.3) is 0 Å². The molecule has 2 aromatic rings. The molecule has 0 aliphatic carbocycles. The van der Waals surface area contributed by atoms with E-state index in [0.29, 0.717) is 28.4 Å². The van der Waals surface area contributed by atoms with Gasteiger partial charge in [-0.15, -0.1) is 11.3 Å². The minimum absolute atomic E-state index is 0.164. The van der Waals surface area contributed by atoms with Gasteiger partial charge >= 0.3 is 5.97 Å². The molecule has 1 heterocycles. The number of carbonyl (C=O) groups is 3. The third-order valence-corrected chi connectivity index (χ3v) is 4.90. The molecule has 0 radical (unpaired) electrons. The van der Waals surface area contributed by atoms with Gasteiger partial charge in [0.1, 0.15) is 10.8 Å². The van der Waals surface area contributed by atoms with Gasteiger partial charge in [-0.3, -0.25) is 9.59 Å². The van der Waals surface area contributed by atoms with E-state index in [-0.39, 0.29) is 25.0 Å². The van der Waals surface area contributed by atoms with Gasteiger partial charge in [-0.2, -0.15) is 0 Å². The fourth-order valence-corrected chi connectivity index (χ4v) is 3.81. The van der Waals surface area contributed by atoms with Gasteiger partial charge in [0, 0.05) is 17.5 Å². The summed E-state index contributed by atoms with van der Waals surface area (Å²) in [7, 11) is 0. The SMILES string of the molecule is CCOC(=O)c1c(NC(=O)COc2ccc(NC(C)=O)cc2)sc(C)c1CC. The van der Waals surface area contributed by atoms with E-state index in [2.05, 4.69) is 10.6 Å². The zero-order valence-corrected chi connectivity index (χ0v) is 17.2. The maximum Gasteiger partial charge on any atom is 0.341 e. The van der Waals surface area contributed by atoms with E-state index in [1.807, 2.05) is 13.8 Å². The van der Waals surface area contributed by atoms with E-state index >= 15 is 0 Å². The van der Waals surface area contributed by atoms with Crippen LogP contribution in [0.15, 0.2) is 24.3 Å². The molecule has 150 valence electrons. The van der Waals surface area contributed by atoms with Crippen molar-refractivity contribution in [3.8, 4) is 5.75 Å². The fraction of sp³-hybridized carbons (Fsp3) is 0.350. The number of anilines is 2. The molecule has 2 amide bonds. The largest absolute Gasteiger partial charge is 0.484 e. The number of thiophene rings is 1. The number of carbonyl (C=O) groups excluding carboxylic acids is 3. The van der Waals surface area contributed by atoms with Crippen molar-refractivity contribution in [2.75, 3.05) is 23.8 Å². The van der Waals surface area contributed by atoms with Gasteiger partial charge in [0.25, 0.3) is 5.91 Å². The van der Waals surface area contributed by atoms with Crippen molar-refractivity contribution in [1.82, 2.24) is 0 Å². The van der Waals surface area contributed by atoms with Crippen molar-refractivity contribution in [1.29, 1.82) is 0 Å². The zero-order chi connectivity index (χ0) is 20.7. The van der Waals surface area contributed by atoms with E-state index in [1.54, 1.807) is 31.2 Å². The monoisotopic (exact) mass is 404 g/mol. The lowest BCUT2D eigenvalue weighted by Crippen LogP contribution is -2.21. The molecule has 7 nitrogen and oxygen atoms in total. The van der Waals surface area contributed by atoms with Crippen LogP contribution in [0.1, 0.15) is 41.6 Å². The maximum atomic E-state index is 12.3. The highest BCUT2D eigenvalue weighted by atomic mass is 32.1. The number of benzene rings is 1. The topological polar surface area (TPSA) is 93.7 Å². The van der Waals surface area contributed by atoms with Gasteiger partial charge in [0.2, 0.25) is 5.91 Å². The first-order valence-electron chi connectivity index (χ1n) is 8.95. The number of ether oxygens (including phenoxy) is 2. The van der Waals surface area contributed by atoms with Gasteiger partial charge < -0.3 is 20.1 Å². The van der Waals surface area contributed by atoms with Crippen molar-refractivity contribution < 1.29 is 23.9 Å². The number of nitrogens with one attached hydrogen (secondary N) is 2. The number of esters is 1. The number of hydrogen-bond acceptors (Lipinski definition) is 6. The van der Waals surface area contributed by atoms with Crippen LogP contribution in [-0.4, -0.2) is 31.0 Å². The molecule has 0 saturated carbocycles. The molecule has 0 saturated heterocycles. The van der Waals surface area contributed by atoms with Gasteiger partial charge in [0.15, 0.2) is 6.61 Å². The molecule has 0 spiro atoms. The van der Waals surface area contributed by atoms with Crippen LogP contribution < -0.4 is 15.4 Å². The third-order valence-electron chi connectivity index (χ3n) is 3.84. The summed E-state index contributed by atoms with van der Waals surface area (Å²) in [5.41, 5.74) is 1.94. The summed E-state index contributed by atoms with van der Waals surface area (Å²) >= 11 is 1.35. The van der Waals surface area contributed by atoms with Crippen LogP contribution in [0.5, 0.6) is 5.75 Å². The van der Waals surface area contributed by atoms with Crippen molar-refractivity contribution in [2.45, 2.75) is 34.1 Å². The highest BCUT2D eigenvalue weighted by molar-refractivity contribution is 7.16. The number of amides is 2. The Morgan fingerprint density at radius 3 is 2.32 bits per heavy atom. The van der Waals surface area contributed by atoms with E-state index < -0.39 is 5.97 Å². The number of rotatable bonds is 8. The Morgan fingerprint density at radius 2 is 1.75 bits per heavy atom. The molecule has 2 N–H and O–H groups in total. The van der Waals surface area contributed by atoms with E-state index in [1.165, 1.54) is 18.3 Å². The Kier molecular flexibility index (Phi) is 7.57. The fourth-order valence-electron chi connectivity index (χ4n) is 2.66. The summed E-state index contributed by atoms with van der Waals surface area (Å²) in [4.78, 5) is 36.6. The highest BCUT2D eigenvalue weighted by Gasteiger charge is 2.23. The van der Waals surface area contributed by atoms with E-state index in [9.17, 15) is 14.4 Å². The van der Waals surface area contributed by atoms with Crippen LogP contribution in [-0.2, 0) is 20.7 Å². The summed E-state index contributed by atoms with van der Waals surface area (Å²) in [6.07, 6.45) is 0.670. The zero-order valence-electron chi connectivity index (χ0n) is 16.4. The van der Waals surface area contributed by atoms with Crippen molar-refractivity contribution in [2.24, 2.45) is 0 Å². The molecule has 0 unspecified atom stereocenters. The Labute approximate surface area is 168 Å². The Balaban J connectivity index is 2.03. The van der Waals surface area contributed by atoms with Crippen LogP contribution >= 0.6 is 11.3 Å². The summed E-state index contributed by atoms with van der Waals surface area (Å²) < 4.78 is 10.6. The average molecular weight is 404 g/mol. The third kappa shape index (κ3) is 5.56. The van der Waals surface area contributed by atoms with Crippen LogP contribution in [0.4, 0.5) is 10.7 Å². The molecule has 1 aromatic heterocycles. The molecule has 2 rings (SSSR count). The van der Waals surface area contributed by atoms with Crippen molar-refractivity contribution in [3.05, 3.63) is 40.3 Å². The average Bonchev–Trinajstić information content (AvgIpc) is 2.95. The molecule has 0 fully saturated rings. The van der Waals surface area contributed by atoms with Crippen LogP contribution in [0.3, 0.4) is 0 Å². The summed E-state index contributed by atoms with van der Waals surface area (Å²) in [5, 5.41) is 5.88. The minimum atomic E-state index is -0.437. The van der Waals surface area contributed by atoms with Gasteiger partial charge in [-0.1, -0.05) is 6.92 Å². The molecule has 0 aliphatic rings.